The zero-order valence-electron chi connectivity index (χ0n) is 11.7. The van der Waals surface area contributed by atoms with Gasteiger partial charge >= 0.3 is 0 Å². The molecule has 20 heavy (non-hydrogen) atoms. The lowest BCUT2D eigenvalue weighted by Gasteiger charge is -2.34. The molecule has 2 saturated heterocycles. The van der Waals surface area contributed by atoms with Crippen molar-refractivity contribution in [2.45, 2.75) is 48.8 Å². The largest absolute Gasteiger partial charge is 0.311 e. The molecule has 3 heterocycles. The number of hydrogen-bond donors (Lipinski definition) is 1. The minimum atomic E-state index is -3.44. The highest BCUT2D eigenvalue weighted by molar-refractivity contribution is 7.89. The summed E-state index contributed by atoms with van der Waals surface area (Å²) in [5.74, 6) is 0. The smallest absolute Gasteiger partial charge is 0.260 e. The van der Waals surface area contributed by atoms with Gasteiger partial charge in [-0.3, -0.25) is 4.68 Å². The van der Waals surface area contributed by atoms with E-state index in [1.165, 1.54) is 28.0 Å². The number of aryl methyl sites for hydroxylation is 1. The van der Waals surface area contributed by atoms with Crippen LogP contribution >= 0.6 is 12.4 Å². The van der Waals surface area contributed by atoms with Gasteiger partial charge in [-0.25, -0.2) is 8.42 Å². The summed E-state index contributed by atoms with van der Waals surface area (Å²) in [6, 6.07) is 2.61. The van der Waals surface area contributed by atoms with Crippen molar-refractivity contribution in [2.24, 2.45) is 7.05 Å². The number of rotatable bonds is 3. The van der Waals surface area contributed by atoms with Gasteiger partial charge in [-0.15, -0.1) is 12.4 Å². The van der Waals surface area contributed by atoms with E-state index in [1.54, 1.807) is 20.2 Å². The van der Waals surface area contributed by atoms with Crippen molar-refractivity contribution >= 4 is 22.4 Å². The van der Waals surface area contributed by atoms with Crippen LogP contribution in [0.2, 0.25) is 0 Å². The molecule has 2 bridgehead atoms. The molecule has 3 rings (SSSR count). The standard InChI is InChI=1S/C12H20N4O2S.ClH/c1-15-12(5-6-13-15)19(17,18)16(2)11-7-9-3-4-10(8-11)14-9;/h5-6,9-11,14H,3-4,7-8H2,1-2H3;1H. The van der Waals surface area contributed by atoms with Gasteiger partial charge in [-0.05, 0) is 31.7 Å². The van der Waals surface area contributed by atoms with E-state index in [-0.39, 0.29) is 23.5 Å². The van der Waals surface area contributed by atoms with Crippen LogP contribution in [0.5, 0.6) is 0 Å². The molecule has 0 aromatic carbocycles. The Morgan fingerprint density at radius 1 is 1.35 bits per heavy atom. The van der Waals surface area contributed by atoms with Crippen molar-refractivity contribution in [2.75, 3.05) is 7.05 Å². The lowest BCUT2D eigenvalue weighted by Crippen LogP contribution is -2.48. The van der Waals surface area contributed by atoms with Gasteiger partial charge in [0, 0.05) is 32.2 Å². The monoisotopic (exact) mass is 320 g/mol. The summed E-state index contributed by atoms with van der Waals surface area (Å²) in [7, 11) is -0.0872. The topological polar surface area (TPSA) is 67.2 Å². The number of halogens is 1. The normalized spacial score (nSPS) is 29.4. The van der Waals surface area contributed by atoms with Gasteiger partial charge < -0.3 is 5.32 Å². The van der Waals surface area contributed by atoms with Crippen molar-refractivity contribution in [3.05, 3.63) is 12.3 Å². The fraction of sp³-hybridized carbons (Fsp3) is 0.750. The molecule has 0 aliphatic carbocycles. The van der Waals surface area contributed by atoms with Crippen molar-refractivity contribution in [1.29, 1.82) is 0 Å². The molecule has 114 valence electrons. The lowest BCUT2D eigenvalue weighted by atomic mass is 10.0. The highest BCUT2D eigenvalue weighted by Crippen LogP contribution is 2.31. The lowest BCUT2D eigenvalue weighted by molar-refractivity contribution is 0.250. The summed E-state index contributed by atoms with van der Waals surface area (Å²) in [6.07, 6.45) is 5.67. The van der Waals surface area contributed by atoms with Crippen LogP contribution in [-0.4, -0.2) is 47.7 Å². The number of fused-ring (bicyclic) bond motifs is 2. The summed E-state index contributed by atoms with van der Waals surface area (Å²) in [5, 5.41) is 7.75. The summed E-state index contributed by atoms with van der Waals surface area (Å²) in [6.45, 7) is 0. The van der Waals surface area contributed by atoms with Crippen LogP contribution in [0.15, 0.2) is 17.3 Å². The fourth-order valence-electron chi connectivity index (χ4n) is 3.28. The maximum atomic E-state index is 12.6. The van der Waals surface area contributed by atoms with Crippen LogP contribution in [0.25, 0.3) is 0 Å². The van der Waals surface area contributed by atoms with Gasteiger partial charge in [0.15, 0.2) is 5.03 Å². The molecule has 2 fully saturated rings. The Kier molecular flexibility index (Phi) is 4.44. The highest BCUT2D eigenvalue weighted by Gasteiger charge is 2.39. The zero-order chi connectivity index (χ0) is 13.6. The third kappa shape index (κ3) is 2.59. The number of nitrogens with zero attached hydrogens (tertiary/aromatic N) is 3. The van der Waals surface area contributed by atoms with Crippen LogP contribution in [0.3, 0.4) is 0 Å². The van der Waals surface area contributed by atoms with E-state index in [4.69, 9.17) is 0 Å². The molecule has 0 spiro atoms. The van der Waals surface area contributed by atoms with E-state index < -0.39 is 10.0 Å². The molecule has 0 saturated carbocycles. The predicted molar refractivity (Wildman–Crippen MR) is 78.4 cm³/mol. The summed E-state index contributed by atoms with van der Waals surface area (Å²) < 4.78 is 28.1. The molecular formula is C12H21ClN4O2S. The number of hydrogen-bond acceptors (Lipinski definition) is 4. The molecule has 1 N–H and O–H groups in total. The van der Waals surface area contributed by atoms with Crippen LogP contribution in [0, 0.1) is 0 Å². The molecule has 0 radical (unpaired) electrons. The average molecular weight is 321 g/mol. The SMILES string of the molecule is CN(C1CC2CCC(C1)N2)S(=O)(=O)c1ccnn1C.Cl. The van der Waals surface area contributed by atoms with Crippen molar-refractivity contribution in [1.82, 2.24) is 19.4 Å². The first-order valence-corrected chi connectivity index (χ1v) is 8.14. The molecule has 1 aromatic heterocycles. The highest BCUT2D eigenvalue weighted by atomic mass is 35.5. The molecule has 2 unspecified atom stereocenters. The second kappa shape index (κ2) is 5.63. The van der Waals surface area contributed by atoms with E-state index in [0.29, 0.717) is 12.1 Å². The van der Waals surface area contributed by atoms with E-state index in [0.717, 1.165) is 12.8 Å². The van der Waals surface area contributed by atoms with Crippen LogP contribution < -0.4 is 5.32 Å². The number of nitrogens with one attached hydrogen (secondary N) is 1. The van der Waals surface area contributed by atoms with Crippen molar-refractivity contribution in [3.63, 3.8) is 0 Å². The Balaban J connectivity index is 0.00000147. The van der Waals surface area contributed by atoms with Crippen LogP contribution in [-0.2, 0) is 17.1 Å². The summed E-state index contributed by atoms with van der Waals surface area (Å²) in [4.78, 5) is 0. The fourth-order valence-corrected chi connectivity index (χ4v) is 4.76. The van der Waals surface area contributed by atoms with E-state index in [2.05, 4.69) is 10.4 Å². The molecule has 0 amide bonds. The Morgan fingerprint density at radius 2 is 1.95 bits per heavy atom. The average Bonchev–Trinajstić information content (AvgIpc) is 2.94. The Labute approximate surface area is 126 Å². The van der Waals surface area contributed by atoms with E-state index >= 15 is 0 Å². The quantitative estimate of drug-likeness (QED) is 0.892. The summed E-state index contributed by atoms with van der Waals surface area (Å²) >= 11 is 0. The third-order valence-corrected chi connectivity index (χ3v) is 6.37. The van der Waals surface area contributed by atoms with E-state index in [1.807, 2.05) is 0 Å². The second-order valence-corrected chi connectivity index (χ2v) is 7.52. The Bertz CT molecular complexity index is 562. The molecule has 2 aliphatic heterocycles. The van der Waals surface area contributed by atoms with Crippen molar-refractivity contribution < 1.29 is 8.42 Å². The van der Waals surface area contributed by atoms with E-state index in [9.17, 15) is 8.42 Å². The minimum absolute atomic E-state index is 0. The van der Waals surface area contributed by atoms with Gasteiger partial charge in [0.05, 0.1) is 6.20 Å². The molecule has 6 nitrogen and oxygen atoms in total. The van der Waals surface area contributed by atoms with Crippen LogP contribution in [0.1, 0.15) is 25.7 Å². The number of sulfonamides is 1. The molecular weight excluding hydrogens is 300 g/mol. The molecule has 8 heteroatoms. The zero-order valence-corrected chi connectivity index (χ0v) is 13.3. The minimum Gasteiger partial charge on any atom is -0.311 e. The second-order valence-electron chi connectivity index (χ2n) is 5.58. The first kappa shape index (κ1) is 15.8. The van der Waals surface area contributed by atoms with Gasteiger partial charge in [0.1, 0.15) is 0 Å². The van der Waals surface area contributed by atoms with Gasteiger partial charge in [-0.1, -0.05) is 0 Å². The van der Waals surface area contributed by atoms with Gasteiger partial charge in [0.2, 0.25) is 0 Å². The third-order valence-electron chi connectivity index (χ3n) is 4.38. The van der Waals surface area contributed by atoms with Crippen molar-refractivity contribution in [3.8, 4) is 0 Å². The number of piperidine rings is 1. The molecule has 2 aliphatic rings. The maximum Gasteiger partial charge on any atom is 0.260 e. The predicted octanol–water partition coefficient (Wildman–Crippen LogP) is 0.745. The molecule has 1 aromatic rings. The Morgan fingerprint density at radius 3 is 2.45 bits per heavy atom. The summed E-state index contributed by atoms with van der Waals surface area (Å²) in [5.41, 5.74) is 0. The van der Waals surface area contributed by atoms with Gasteiger partial charge in [0.25, 0.3) is 10.0 Å². The Hall–Kier alpha value is -0.630. The van der Waals surface area contributed by atoms with Gasteiger partial charge in [-0.2, -0.15) is 9.40 Å². The number of aromatic nitrogens is 2. The molecule has 2 atom stereocenters. The van der Waals surface area contributed by atoms with Crippen LogP contribution in [0.4, 0.5) is 0 Å². The maximum absolute atomic E-state index is 12.6. The first-order chi connectivity index (χ1) is 8.98. The first-order valence-electron chi connectivity index (χ1n) is 6.70.